The lowest BCUT2D eigenvalue weighted by Gasteiger charge is -2.07. The van der Waals surface area contributed by atoms with Crippen LogP contribution in [0, 0.1) is 22.7 Å². The summed E-state index contributed by atoms with van der Waals surface area (Å²) >= 11 is 0. The van der Waals surface area contributed by atoms with Crippen LogP contribution in [0.5, 0.6) is 0 Å². The van der Waals surface area contributed by atoms with Crippen molar-refractivity contribution in [2.45, 2.75) is 12.8 Å². The number of aromatic nitrogens is 1. The van der Waals surface area contributed by atoms with Gasteiger partial charge in [0.1, 0.15) is 17.3 Å². The summed E-state index contributed by atoms with van der Waals surface area (Å²) < 4.78 is 24.8. The standard InChI is InChI=1S/C9H6F2N4/c10-9(11)8-6(3-13)7(14)5(1-2-12)4-15-8/h4,9H,1H2,(H2,14,15). The maximum absolute atomic E-state index is 12.4. The summed E-state index contributed by atoms with van der Waals surface area (Å²) in [5.74, 6) is 0. The van der Waals surface area contributed by atoms with Gasteiger partial charge in [-0.3, -0.25) is 4.98 Å². The van der Waals surface area contributed by atoms with Crippen LogP contribution in [0.2, 0.25) is 0 Å². The van der Waals surface area contributed by atoms with Crippen LogP contribution in [0.3, 0.4) is 0 Å². The monoisotopic (exact) mass is 208 g/mol. The highest BCUT2D eigenvalue weighted by Crippen LogP contribution is 2.26. The molecule has 0 saturated heterocycles. The molecule has 0 amide bonds. The molecular formula is C9H6F2N4. The highest BCUT2D eigenvalue weighted by molar-refractivity contribution is 5.61. The van der Waals surface area contributed by atoms with E-state index < -0.39 is 12.1 Å². The van der Waals surface area contributed by atoms with Crippen molar-refractivity contribution < 1.29 is 8.78 Å². The molecule has 1 aromatic rings. The molecule has 1 heterocycles. The van der Waals surface area contributed by atoms with Crippen molar-refractivity contribution >= 4 is 5.69 Å². The molecule has 0 aliphatic carbocycles. The molecule has 4 nitrogen and oxygen atoms in total. The van der Waals surface area contributed by atoms with Crippen molar-refractivity contribution in [3.63, 3.8) is 0 Å². The minimum absolute atomic E-state index is 0.0585. The Bertz CT molecular complexity index is 456. The highest BCUT2D eigenvalue weighted by atomic mass is 19.3. The summed E-state index contributed by atoms with van der Waals surface area (Å²) in [5.41, 5.74) is 4.68. The molecule has 0 aromatic carbocycles. The van der Waals surface area contributed by atoms with Crippen LogP contribution >= 0.6 is 0 Å². The number of nitriles is 2. The largest absolute Gasteiger partial charge is 0.397 e. The van der Waals surface area contributed by atoms with Crippen molar-refractivity contribution in [3.05, 3.63) is 23.0 Å². The third kappa shape index (κ3) is 2.00. The van der Waals surface area contributed by atoms with Gasteiger partial charge in [-0.2, -0.15) is 10.5 Å². The van der Waals surface area contributed by atoms with Crippen molar-refractivity contribution in [2.75, 3.05) is 5.73 Å². The van der Waals surface area contributed by atoms with Crippen LogP contribution in [0.1, 0.15) is 23.2 Å². The fraction of sp³-hybridized carbons (Fsp3) is 0.222. The van der Waals surface area contributed by atoms with Crippen molar-refractivity contribution in [2.24, 2.45) is 0 Å². The fourth-order valence-corrected chi connectivity index (χ4v) is 1.09. The number of hydrogen-bond donors (Lipinski definition) is 1. The molecule has 0 atom stereocenters. The zero-order chi connectivity index (χ0) is 11.4. The molecule has 0 aliphatic rings. The summed E-state index contributed by atoms with van der Waals surface area (Å²) in [7, 11) is 0. The molecule has 0 aliphatic heterocycles. The van der Waals surface area contributed by atoms with Crippen LogP contribution in [-0.2, 0) is 6.42 Å². The van der Waals surface area contributed by atoms with E-state index in [4.69, 9.17) is 16.3 Å². The van der Waals surface area contributed by atoms with E-state index in [-0.39, 0.29) is 17.7 Å². The van der Waals surface area contributed by atoms with Gasteiger partial charge in [0.05, 0.1) is 18.2 Å². The summed E-state index contributed by atoms with van der Waals surface area (Å²) in [6.45, 7) is 0. The van der Waals surface area contributed by atoms with Gasteiger partial charge in [-0.05, 0) is 0 Å². The van der Waals surface area contributed by atoms with Crippen LogP contribution in [0.25, 0.3) is 0 Å². The van der Waals surface area contributed by atoms with Gasteiger partial charge < -0.3 is 5.73 Å². The number of nitrogen functional groups attached to an aromatic ring is 1. The topological polar surface area (TPSA) is 86.5 Å². The first-order valence-electron chi connectivity index (χ1n) is 3.94. The van der Waals surface area contributed by atoms with Gasteiger partial charge in [0.25, 0.3) is 6.43 Å². The SMILES string of the molecule is N#CCc1cnc(C(F)F)c(C#N)c1N. The van der Waals surface area contributed by atoms with Gasteiger partial charge in [-0.15, -0.1) is 0 Å². The van der Waals surface area contributed by atoms with E-state index in [0.29, 0.717) is 5.56 Å². The second-order valence-corrected chi connectivity index (χ2v) is 2.70. The quantitative estimate of drug-likeness (QED) is 0.798. The smallest absolute Gasteiger partial charge is 0.281 e. The molecule has 1 aromatic heterocycles. The lowest BCUT2D eigenvalue weighted by atomic mass is 10.1. The Labute approximate surface area is 84.6 Å². The normalized spacial score (nSPS) is 9.67. The molecule has 0 bridgehead atoms. The van der Waals surface area contributed by atoms with Gasteiger partial charge >= 0.3 is 0 Å². The second kappa shape index (κ2) is 4.34. The first kappa shape index (κ1) is 10.9. The Morgan fingerprint density at radius 2 is 2.13 bits per heavy atom. The molecule has 6 heteroatoms. The number of nitrogens with zero attached hydrogens (tertiary/aromatic N) is 3. The van der Waals surface area contributed by atoms with Crippen LogP contribution in [0.4, 0.5) is 14.5 Å². The van der Waals surface area contributed by atoms with Gasteiger partial charge in [0, 0.05) is 11.8 Å². The average molecular weight is 208 g/mol. The van der Waals surface area contributed by atoms with Crippen LogP contribution in [-0.4, -0.2) is 4.98 Å². The summed E-state index contributed by atoms with van der Waals surface area (Å²) in [5, 5.41) is 17.1. The van der Waals surface area contributed by atoms with E-state index >= 15 is 0 Å². The van der Waals surface area contributed by atoms with Gasteiger partial charge in [0.15, 0.2) is 0 Å². The summed E-state index contributed by atoms with van der Waals surface area (Å²) in [6, 6.07) is 3.38. The lowest BCUT2D eigenvalue weighted by molar-refractivity contribution is 0.146. The van der Waals surface area contributed by atoms with Gasteiger partial charge in [-0.1, -0.05) is 0 Å². The number of pyridine rings is 1. The maximum atomic E-state index is 12.4. The average Bonchev–Trinajstić information content (AvgIpc) is 2.20. The minimum atomic E-state index is -2.85. The van der Waals surface area contributed by atoms with Crippen LogP contribution in [0.15, 0.2) is 6.20 Å². The van der Waals surface area contributed by atoms with Crippen LogP contribution < -0.4 is 5.73 Å². The Balaban J connectivity index is 3.36. The highest BCUT2D eigenvalue weighted by Gasteiger charge is 2.19. The number of alkyl halides is 2. The molecule has 15 heavy (non-hydrogen) atoms. The molecule has 2 N–H and O–H groups in total. The molecule has 0 unspecified atom stereocenters. The molecule has 0 saturated carbocycles. The van der Waals surface area contributed by atoms with E-state index in [1.807, 2.05) is 6.07 Å². The Morgan fingerprint density at radius 3 is 2.60 bits per heavy atom. The van der Waals surface area contributed by atoms with E-state index in [0.717, 1.165) is 6.20 Å². The number of halogens is 2. The Kier molecular flexibility index (Phi) is 3.14. The molecule has 0 spiro atoms. The lowest BCUT2D eigenvalue weighted by Crippen LogP contribution is -2.04. The number of anilines is 1. The first-order chi connectivity index (χ1) is 7.11. The Morgan fingerprint density at radius 1 is 1.47 bits per heavy atom. The maximum Gasteiger partial charge on any atom is 0.281 e. The zero-order valence-electron chi connectivity index (χ0n) is 7.54. The zero-order valence-corrected chi connectivity index (χ0v) is 7.54. The van der Waals surface area contributed by atoms with Crippen molar-refractivity contribution in [3.8, 4) is 12.1 Å². The molecule has 1 rings (SSSR count). The van der Waals surface area contributed by atoms with Gasteiger partial charge in [-0.25, -0.2) is 8.78 Å². The van der Waals surface area contributed by atoms with Gasteiger partial charge in [0.2, 0.25) is 0 Å². The molecule has 0 radical (unpaired) electrons. The second-order valence-electron chi connectivity index (χ2n) is 2.70. The predicted molar refractivity (Wildman–Crippen MR) is 47.6 cm³/mol. The number of nitrogens with two attached hydrogens (primary N) is 1. The molecule has 76 valence electrons. The third-order valence-corrected chi connectivity index (χ3v) is 1.82. The summed E-state index contributed by atoms with van der Waals surface area (Å²) in [4.78, 5) is 3.42. The predicted octanol–water partition coefficient (Wildman–Crippen LogP) is 1.54. The molecule has 0 fully saturated rings. The first-order valence-corrected chi connectivity index (χ1v) is 3.94. The fourth-order valence-electron chi connectivity index (χ4n) is 1.09. The Hall–Kier alpha value is -2.21. The van der Waals surface area contributed by atoms with E-state index in [9.17, 15) is 8.78 Å². The van der Waals surface area contributed by atoms with E-state index in [1.165, 1.54) is 0 Å². The van der Waals surface area contributed by atoms with E-state index in [2.05, 4.69) is 4.98 Å². The van der Waals surface area contributed by atoms with Crippen molar-refractivity contribution in [1.29, 1.82) is 10.5 Å². The third-order valence-electron chi connectivity index (χ3n) is 1.82. The number of hydrogen-bond acceptors (Lipinski definition) is 4. The minimum Gasteiger partial charge on any atom is -0.397 e. The number of rotatable bonds is 2. The summed E-state index contributed by atoms with van der Waals surface area (Å²) in [6.07, 6.45) is -1.81. The van der Waals surface area contributed by atoms with Crippen molar-refractivity contribution in [1.82, 2.24) is 4.98 Å². The molecular weight excluding hydrogens is 202 g/mol. The van der Waals surface area contributed by atoms with E-state index in [1.54, 1.807) is 6.07 Å².